The third-order valence-corrected chi connectivity index (χ3v) is 4.04. The first-order valence-corrected chi connectivity index (χ1v) is 8.27. The first kappa shape index (κ1) is 21.4. The number of guanidine groups is 1. The number of hydrogen-bond donors (Lipinski definition) is 2. The Morgan fingerprint density at radius 1 is 1.24 bits per heavy atom. The number of aliphatic imine (C=N–C) groups is 1. The van der Waals surface area contributed by atoms with E-state index in [9.17, 15) is 4.39 Å². The van der Waals surface area contributed by atoms with Crippen molar-refractivity contribution >= 4 is 29.9 Å². The molecular weight excluding hydrogens is 432 g/mol. The molecular formula is C18H27FIN5. The number of benzene rings is 1. The van der Waals surface area contributed by atoms with Crippen LogP contribution in [0.2, 0.25) is 0 Å². The van der Waals surface area contributed by atoms with Crippen molar-refractivity contribution in [3.05, 3.63) is 52.6 Å². The van der Waals surface area contributed by atoms with E-state index in [2.05, 4.69) is 20.7 Å². The molecule has 7 heteroatoms. The Labute approximate surface area is 166 Å². The zero-order chi connectivity index (χ0) is 17.5. The van der Waals surface area contributed by atoms with Gasteiger partial charge >= 0.3 is 0 Å². The summed E-state index contributed by atoms with van der Waals surface area (Å²) in [5.41, 5.74) is 3.98. The molecule has 0 aliphatic rings. The molecule has 0 fully saturated rings. The largest absolute Gasteiger partial charge is 0.357 e. The monoisotopic (exact) mass is 459 g/mol. The van der Waals surface area contributed by atoms with E-state index in [1.165, 1.54) is 6.07 Å². The van der Waals surface area contributed by atoms with Crippen molar-refractivity contribution in [2.45, 2.75) is 33.7 Å². The number of nitrogens with one attached hydrogen (secondary N) is 2. The average Bonchev–Trinajstić information content (AvgIpc) is 2.79. The molecule has 1 aromatic heterocycles. The van der Waals surface area contributed by atoms with Crippen LogP contribution in [0.15, 0.2) is 29.3 Å². The summed E-state index contributed by atoms with van der Waals surface area (Å²) in [7, 11) is 1.94. The van der Waals surface area contributed by atoms with Gasteiger partial charge in [-0.1, -0.05) is 18.2 Å². The summed E-state index contributed by atoms with van der Waals surface area (Å²) < 4.78 is 15.5. The molecule has 2 N–H and O–H groups in total. The summed E-state index contributed by atoms with van der Waals surface area (Å²) in [6, 6.07) is 6.86. The molecule has 1 aromatic carbocycles. The lowest BCUT2D eigenvalue weighted by molar-refractivity contribution is 0.606. The van der Waals surface area contributed by atoms with Gasteiger partial charge in [-0.25, -0.2) is 9.38 Å². The first-order valence-electron chi connectivity index (χ1n) is 8.27. The molecule has 0 spiro atoms. The fourth-order valence-corrected chi connectivity index (χ4v) is 2.56. The Kier molecular flexibility index (Phi) is 8.88. The summed E-state index contributed by atoms with van der Waals surface area (Å²) in [4.78, 5) is 4.62. The summed E-state index contributed by atoms with van der Waals surface area (Å²) in [5.74, 6) is 0.569. The van der Waals surface area contributed by atoms with Crippen LogP contribution in [0.5, 0.6) is 0 Å². The summed E-state index contributed by atoms with van der Waals surface area (Å²) >= 11 is 0. The molecule has 0 aliphatic carbocycles. The van der Waals surface area contributed by atoms with Crippen molar-refractivity contribution in [2.75, 3.05) is 13.1 Å². The van der Waals surface area contributed by atoms with Crippen LogP contribution in [0, 0.1) is 19.7 Å². The van der Waals surface area contributed by atoms with Crippen LogP contribution in [0.4, 0.5) is 4.39 Å². The Bertz CT molecular complexity index is 711. The molecule has 2 rings (SSSR count). The molecule has 0 saturated carbocycles. The maximum absolute atomic E-state index is 13.6. The Balaban J connectivity index is 0.00000312. The van der Waals surface area contributed by atoms with Gasteiger partial charge in [0.1, 0.15) is 5.82 Å². The van der Waals surface area contributed by atoms with Crippen molar-refractivity contribution in [2.24, 2.45) is 12.0 Å². The topological polar surface area (TPSA) is 54.2 Å². The van der Waals surface area contributed by atoms with E-state index in [0.29, 0.717) is 25.1 Å². The van der Waals surface area contributed by atoms with Gasteiger partial charge < -0.3 is 10.6 Å². The second-order valence-electron chi connectivity index (χ2n) is 5.74. The molecule has 0 unspecified atom stereocenters. The van der Waals surface area contributed by atoms with Gasteiger partial charge in [-0.05, 0) is 38.8 Å². The van der Waals surface area contributed by atoms with Crippen molar-refractivity contribution in [1.82, 2.24) is 20.4 Å². The minimum Gasteiger partial charge on any atom is -0.357 e. The van der Waals surface area contributed by atoms with Crippen LogP contribution in [0.25, 0.3) is 0 Å². The molecule has 0 amide bonds. The van der Waals surface area contributed by atoms with Gasteiger partial charge in [0.15, 0.2) is 5.96 Å². The third-order valence-electron chi connectivity index (χ3n) is 4.04. The van der Waals surface area contributed by atoms with Gasteiger partial charge in [0.05, 0.1) is 12.2 Å². The zero-order valence-electron chi connectivity index (χ0n) is 15.3. The van der Waals surface area contributed by atoms with Crippen molar-refractivity contribution < 1.29 is 4.39 Å². The molecule has 1 heterocycles. The number of halogens is 2. The average molecular weight is 459 g/mol. The smallest absolute Gasteiger partial charge is 0.191 e. The predicted molar refractivity (Wildman–Crippen MR) is 111 cm³/mol. The third kappa shape index (κ3) is 5.98. The van der Waals surface area contributed by atoms with Gasteiger partial charge in [-0.3, -0.25) is 4.68 Å². The summed E-state index contributed by atoms with van der Waals surface area (Å²) in [5, 5.41) is 10.9. The van der Waals surface area contributed by atoms with Crippen LogP contribution in [-0.2, 0) is 20.0 Å². The molecule has 0 radical (unpaired) electrons. The summed E-state index contributed by atoms with van der Waals surface area (Å²) in [6.07, 6.45) is 0.613. The van der Waals surface area contributed by atoms with Gasteiger partial charge in [0, 0.05) is 31.4 Å². The quantitative estimate of drug-likeness (QED) is 0.397. The minimum absolute atomic E-state index is 0. The van der Waals surface area contributed by atoms with E-state index in [4.69, 9.17) is 0 Å². The lowest BCUT2D eigenvalue weighted by atomic mass is 10.1. The maximum atomic E-state index is 13.6. The van der Waals surface area contributed by atoms with Gasteiger partial charge in [0.25, 0.3) is 0 Å². The molecule has 2 aromatic rings. The van der Waals surface area contributed by atoms with Crippen LogP contribution in [-0.4, -0.2) is 28.8 Å². The number of hydrogen-bond acceptors (Lipinski definition) is 2. The van der Waals surface area contributed by atoms with E-state index >= 15 is 0 Å². The Morgan fingerprint density at radius 2 is 1.96 bits per heavy atom. The van der Waals surface area contributed by atoms with E-state index in [0.717, 1.165) is 29.5 Å². The SMILES string of the molecule is CCNC(=NCc1c(C)nn(C)c1C)NCCc1ccccc1F.I. The predicted octanol–water partition coefficient (Wildman–Crippen LogP) is 3.09. The highest BCUT2D eigenvalue weighted by atomic mass is 127. The number of aryl methyl sites for hydroxylation is 2. The number of aromatic nitrogens is 2. The summed E-state index contributed by atoms with van der Waals surface area (Å²) in [6.45, 7) is 8.03. The van der Waals surface area contributed by atoms with E-state index in [1.807, 2.05) is 44.6 Å². The Morgan fingerprint density at radius 3 is 2.56 bits per heavy atom. The molecule has 25 heavy (non-hydrogen) atoms. The molecule has 0 aliphatic heterocycles. The standard InChI is InChI=1S/C18H26FN5.HI/c1-5-20-18(21-11-10-15-8-6-7-9-17(15)19)22-12-16-13(2)23-24(4)14(16)3;/h6-9H,5,10-12H2,1-4H3,(H2,20,21,22);1H. The lowest BCUT2D eigenvalue weighted by Crippen LogP contribution is -2.38. The van der Waals surface area contributed by atoms with Gasteiger partial charge in [-0.15, -0.1) is 24.0 Å². The molecule has 5 nitrogen and oxygen atoms in total. The van der Waals surface area contributed by atoms with Crippen LogP contribution >= 0.6 is 24.0 Å². The van der Waals surface area contributed by atoms with Crippen molar-refractivity contribution in [3.63, 3.8) is 0 Å². The highest BCUT2D eigenvalue weighted by Gasteiger charge is 2.09. The normalized spacial score (nSPS) is 11.2. The maximum Gasteiger partial charge on any atom is 0.191 e. The minimum atomic E-state index is -0.164. The van der Waals surface area contributed by atoms with E-state index in [-0.39, 0.29) is 29.8 Å². The molecule has 138 valence electrons. The Hall–Kier alpha value is -1.64. The fraction of sp³-hybridized carbons (Fsp3) is 0.444. The first-order chi connectivity index (χ1) is 11.5. The number of nitrogens with zero attached hydrogens (tertiary/aromatic N) is 3. The fourth-order valence-electron chi connectivity index (χ4n) is 2.56. The highest BCUT2D eigenvalue weighted by Crippen LogP contribution is 2.12. The van der Waals surface area contributed by atoms with Crippen LogP contribution in [0.3, 0.4) is 0 Å². The molecule has 0 saturated heterocycles. The second kappa shape index (κ2) is 10.4. The van der Waals surface area contributed by atoms with Crippen molar-refractivity contribution in [3.8, 4) is 0 Å². The zero-order valence-corrected chi connectivity index (χ0v) is 17.6. The van der Waals surface area contributed by atoms with Crippen LogP contribution in [0.1, 0.15) is 29.4 Å². The molecule has 0 atom stereocenters. The van der Waals surface area contributed by atoms with E-state index in [1.54, 1.807) is 6.07 Å². The van der Waals surface area contributed by atoms with E-state index < -0.39 is 0 Å². The highest BCUT2D eigenvalue weighted by molar-refractivity contribution is 14.0. The second-order valence-corrected chi connectivity index (χ2v) is 5.74. The number of rotatable bonds is 6. The molecule has 0 bridgehead atoms. The van der Waals surface area contributed by atoms with Crippen LogP contribution < -0.4 is 10.6 Å². The lowest BCUT2D eigenvalue weighted by Gasteiger charge is -2.11. The van der Waals surface area contributed by atoms with Crippen molar-refractivity contribution in [1.29, 1.82) is 0 Å². The van der Waals surface area contributed by atoms with Gasteiger partial charge in [0.2, 0.25) is 0 Å². The van der Waals surface area contributed by atoms with Gasteiger partial charge in [-0.2, -0.15) is 5.10 Å².